The van der Waals surface area contributed by atoms with E-state index in [1.54, 1.807) is 6.26 Å². The zero-order valence-electron chi connectivity index (χ0n) is 12.9. The SMILES string of the molecule is CC(C)CNCc1coc(OCCC2CCCN2C)n1. The second-order valence-electron chi connectivity index (χ2n) is 6.04. The predicted octanol–water partition coefficient (Wildman–Crippen LogP) is 2.28. The van der Waals surface area contributed by atoms with Gasteiger partial charge in [-0.1, -0.05) is 13.8 Å². The predicted molar refractivity (Wildman–Crippen MR) is 78.8 cm³/mol. The highest BCUT2D eigenvalue weighted by atomic mass is 16.6. The Morgan fingerprint density at radius 1 is 1.55 bits per heavy atom. The molecule has 1 saturated heterocycles. The number of hydrogen-bond donors (Lipinski definition) is 1. The average molecular weight is 281 g/mol. The molecule has 5 heteroatoms. The summed E-state index contributed by atoms with van der Waals surface area (Å²) in [6.07, 6.45) is 5.68. The third-order valence-electron chi connectivity index (χ3n) is 3.74. The van der Waals surface area contributed by atoms with Crippen molar-refractivity contribution in [2.45, 2.75) is 45.7 Å². The fraction of sp³-hybridized carbons (Fsp3) is 0.800. The fourth-order valence-corrected chi connectivity index (χ4v) is 2.55. The average Bonchev–Trinajstić information content (AvgIpc) is 2.99. The Labute approximate surface area is 121 Å². The van der Waals surface area contributed by atoms with Crippen LogP contribution in [0.1, 0.15) is 38.8 Å². The Hall–Kier alpha value is -1.07. The molecule has 0 aliphatic carbocycles. The molecule has 0 amide bonds. The van der Waals surface area contributed by atoms with E-state index in [2.05, 4.69) is 36.1 Å². The monoisotopic (exact) mass is 281 g/mol. The highest BCUT2D eigenvalue weighted by Gasteiger charge is 2.20. The lowest BCUT2D eigenvalue weighted by molar-refractivity contribution is 0.192. The Morgan fingerprint density at radius 3 is 3.10 bits per heavy atom. The molecule has 20 heavy (non-hydrogen) atoms. The lowest BCUT2D eigenvalue weighted by atomic mass is 10.2. The Balaban J connectivity index is 1.65. The van der Waals surface area contributed by atoms with Gasteiger partial charge in [0.25, 0.3) is 0 Å². The van der Waals surface area contributed by atoms with E-state index < -0.39 is 0 Å². The first kappa shape index (κ1) is 15.3. The van der Waals surface area contributed by atoms with Crippen LogP contribution in [0.3, 0.4) is 0 Å². The number of aromatic nitrogens is 1. The molecule has 1 aliphatic heterocycles. The van der Waals surface area contributed by atoms with Gasteiger partial charge in [-0.15, -0.1) is 0 Å². The van der Waals surface area contributed by atoms with Crippen molar-refractivity contribution < 1.29 is 9.15 Å². The van der Waals surface area contributed by atoms with Crippen LogP contribution in [-0.4, -0.2) is 42.7 Å². The van der Waals surface area contributed by atoms with Crippen LogP contribution >= 0.6 is 0 Å². The highest BCUT2D eigenvalue weighted by molar-refractivity contribution is 4.99. The van der Waals surface area contributed by atoms with Crippen LogP contribution in [0.4, 0.5) is 0 Å². The van der Waals surface area contributed by atoms with Crippen molar-refractivity contribution in [2.75, 3.05) is 26.7 Å². The van der Waals surface area contributed by atoms with Gasteiger partial charge in [0.05, 0.1) is 12.3 Å². The molecule has 1 fully saturated rings. The first-order valence-corrected chi connectivity index (χ1v) is 7.63. The van der Waals surface area contributed by atoms with E-state index in [4.69, 9.17) is 9.15 Å². The Kier molecular flexibility index (Phi) is 5.86. The van der Waals surface area contributed by atoms with Gasteiger partial charge in [-0.05, 0) is 45.3 Å². The Morgan fingerprint density at radius 2 is 2.40 bits per heavy atom. The normalized spacial score (nSPS) is 19.9. The smallest absolute Gasteiger partial charge is 0.393 e. The number of nitrogens with one attached hydrogen (secondary N) is 1. The van der Waals surface area contributed by atoms with Gasteiger partial charge in [0, 0.05) is 12.6 Å². The molecule has 1 atom stereocenters. The van der Waals surface area contributed by atoms with E-state index in [0.29, 0.717) is 24.6 Å². The molecule has 1 N–H and O–H groups in total. The number of ether oxygens (including phenoxy) is 1. The van der Waals surface area contributed by atoms with Crippen molar-refractivity contribution >= 4 is 0 Å². The molecule has 1 aliphatic rings. The quantitative estimate of drug-likeness (QED) is 0.792. The third-order valence-corrected chi connectivity index (χ3v) is 3.74. The first-order chi connectivity index (χ1) is 9.65. The number of hydrogen-bond acceptors (Lipinski definition) is 5. The van der Waals surface area contributed by atoms with Crippen LogP contribution in [0.2, 0.25) is 0 Å². The zero-order chi connectivity index (χ0) is 14.4. The van der Waals surface area contributed by atoms with Gasteiger partial charge in [-0.3, -0.25) is 0 Å². The van der Waals surface area contributed by atoms with Gasteiger partial charge in [0.2, 0.25) is 0 Å². The lowest BCUT2D eigenvalue weighted by Crippen LogP contribution is -2.26. The van der Waals surface area contributed by atoms with Crippen LogP contribution in [0.25, 0.3) is 0 Å². The summed E-state index contributed by atoms with van der Waals surface area (Å²) in [5.41, 5.74) is 0.902. The number of oxazole rings is 1. The van der Waals surface area contributed by atoms with E-state index in [9.17, 15) is 0 Å². The van der Waals surface area contributed by atoms with Crippen LogP contribution in [0, 0.1) is 5.92 Å². The summed E-state index contributed by atoms with van der Waals surface area (Å²) >= 11 is 0. The van der Waals surface area contributed by atoms with Crippen molar-refractivity contribution in [3.05, 3.63) is 12.0 Å². The van der Waals surface area contributed by atoms with Gasteiger partial charge in [-0.2, -0.15) is 4.98 Å². The minimum Gasteiger partial charge on any atom is -0.450 e. The molecule has 0 radical (unpaired) electrons. The van der Waals surface area contributed by atoms with Crippen LogP contribution in [-0.2, 0) is 6.54 Å². The van der Waals surface area contributed by atoms with Gasteiger partial charge >= 0.3 is 6.08 Å². The molecule has 0 bridgehead atoms. The topological polar surface area (TPSA) is 50.5 Å². The zero-order valence-corrected chi connectivity index (χ0v) is 12.9. The molecule has 2 heterocycles. The van der Waals surface area contributed by atoms with Crippen molar-refractivity contribution in [3.8, 4) is 6.08 Å². The van der Waals surface area contributed by atoms with E-state index in [-0.39, 0.29) is 0 Å². The standard InChI is InChI=1S/C15H27N3O2/c1-12(2)9-16-10-13-11-20-15(17-13)19-8-6-14-5-4-7-18(14)3/h11-12,14,16H,4-10H2,1-3H3. The molecule has 0 saturated carbocycles. The van der Waals surface area contributed by atoms with Crippen LogP contribution in [0.15, 0.2) is 10.7 Å². The van der Waals surface area contributed by atoms with E-state index in [0.717, 1.165) is 25.2 Å². The summed E-state index contributed by atoms with van der Waals surface area (Å²) in [4.78, 5) is 6.73. The van der Waals surface area contributed by atoms with Crippen molar-refractivity contribution in [2.24, 2.45) is 5.92 Å². The second kappa shape index (κ2) is 7.64. The number of rotatable bonds is 8. The van der Waals surface area contributed by atoms with E-state index >= 15 is 0 Å². The third kappa shape index (κ3) is 4.80. The van der Waals surface area contributed by atoms with Gasteiger partial charge in [0.15, 0.2) is 0 Å². The molecule has 1 aromatic heterocycles. The van der Waals surface area contributed by atoms with Gasteiger partial charge in [-0.25, -0.2) is 0 Å². The van der Waals surface area contributed by atoms with Gasteiger partial charge < -0.3 is 19.4 Å². The maximum atomic E-state index is 5.59. The summed E-state index contributed by atoms with van der Waals surface area (Å²) in [7, 11) is 2.18. The summed E-state index contributed by atoms with van der Waals surface area (Å²) in [5.74, 6) is 0.640. The summed E-state index contributed by atoms with van der Waals surface area (Å²) in [5, 5.41) is 3.34. The molecule has 114 valence electrons. The molecule has 1 unspecified atom stereocenters. The van der Waals surface area contributed by atoms with Crippen LogP contribution < -0.4 is 10.1 Å². The minimum absolute atomic E-state index is 0.395. The minimum atomic E-state index is 0.395. The van der Waals surface area contributed by atoms with Gasteiger partial charge in [0.1, 0.15) is 6.26 Å². The molecule has 2 rings (SSSR count). The second-order valence-corrected chi connectivity index (χ2v) is 6.04. The summed E-state index contributed by atoms with van der Waals surface area (Å²) < 4.78 is 10.9. The van der Waals surface area contributed by atoms with E-state index in [1.165, 1.54) is 19.4 Å². The van der Waals surface area contributed by atoms with E-state index in [1.807, 2.05) is 0 Å². The van der Waals surface area contributed by atoms with Crippen LogP contribution in [0.5, 0.6) is 6.08 Å². The molecule has 0 aromatic carbocycles. The highest BCUT2D eigenvalue weighted by Crippen LogP contribution is 2.18. The maximum absolute atomic E-state index is 5.59. The Bertz CT molecular complexity index is 392. The first-order valence-electron chi connectivity index (χ1n) is 7.63. The molecule has 1 aromatic rings. The maximum Gasteiger partial charge on any atom is 0.393 e. The molecular weight excluding hydrogens is 254 g/mol. The van der Waals surface area contributed by atoms with Crippen molar-refractivity contribution in [3.63, 3.8) is 0 Å². The molecule has 0 spiro atoms. The number of nitrogens with zero attached hydrogens (tertiary/aromatic N) is 2. The number of likely N-dealkylation sites (tertiary alicyclic amines) is 1. The largest absolute Gasteiger partial charge is 0.450 e. The molecular formula is C15H27N3O2. The summed E-state index contributed by atoms with van der Waals surface area (Å²) in [6.45, 7) is 7.96. The lowest BCUT2D eigenvalue weighted by Gasteiger charge is -2.18. The molecule has 5 nitrogen and oxygen atoms in total. The van der Waals surface area contributed by atoms with Crippen molar-refractivity contribution in [1.29, 1.82) is 0 Å². The van der Waals surface area contributed by atoms with Crippen molar-refractivity contribution in [1.82, 2.24) is 15.2 Å². The summed E-state index contributed by atoms with van der Waals surface area (Å²) in [6, 6.07) is 0.650. The fourth-order valence-electron chi connectivity index (χ4n) is 2.55.